The highest BCUT2D eigenvalue weighted by atomic mass is 16.4. The first-order valence-electron chi connectivity index (χ1n) is 3.56. The summed E-state index contributed by atoms with van der Waals surface area (Å²) < 4.78 is 0. The molecule has 0 saturated heterocycles. The third-order valence-electron chi connectivity index (χ3n) is 1.57. The molecule has 6 heteroatoms. The van der Waals surface area contributed by atoms with Gasteiger partial charge in [-0.05, 0) is 0 Å². The van der Waals surface area contributed by atoms with Gasteiger partial charge >= 0.3 is 5.97 Å². The minimum Gasteiger partial charge on any atom is -0.480 e. The summed E-state index contributed by atoms with van der Waals surface area (Å²) in [5, 5.41) is 17.0. The van der Waals surface area contributed by atoms with Gasteiger partial charge in [-0.1, -0.05) is 0 Å². The molecule has 6 nitrogen and oxygen atoms in total. The van der Waals surface area contributed by atoms with E-state index >= 15 is 0 Å². The van der Waals surface area contributed by atoms with E-state index in [-0.39, 0.29) is 12.1 Å². The highest BCUT2D eigenvalue weighted by molar-refractivity contribution is 5.73. The molecule has 68 valence electrons. The zero-order valence-corrected chi connectivity index (χ0v) is 6.69. The van der Waals surface area contributed by atoms with Crippen molar-refractivity contribution >= 4 is 5.97 Å². The number of imidazole rings is 1. The number of hydrogen-bond donors (Lipinski definition) is 3. The molecule has 0 radical (unpaired) electrons. The number of carbonyl (C=O) groups is 1. The molecule has 1 heterocycles. The van der Waals surface area contributed by atoms with Crippen molar-refractivity contribution < 1.29 is 9.90 Å². The summed E-state index contributed by atoms with van der Waals surface area (Å²) >= 11 is 0. The minimum atomic E-state index is -1.10. The maximum absolute atomic E-state index is 10.4. The summed E-state index contributed by atoms with van der Waals surface area (Å²) in [7, 11) is 0. The SMILES string of the molecule is N#Cc1nc[nH]c1CC(N)C(=O)O. The molecule has 1 atom stereocenters. The van der Waals surface area contributed by atoms with Crippen LogP contribution in [-0.4, -0.2) is 27.1 Å². The van der Waals surface area contributed by atoms with E-state index in [0.29, 0.717) is 5.69 Å². The van der Waals surface area contributed by atoms with E-state index in [2.05, 4.69) is 9.97 Å². The Labute approximate surface area is 74.0 Å². The van der Waals surface area contributed by atoms with Gasteiger partial charge in [-0.15, -0.1) is 0 Å². The highest BCUT2D eigenvalue weighted by Crippen LogP contribution is 2.03. The number of carboxylic acids is 1. The third-order valence-corrected chi connectivity index (χ3v) is 1.57. The summed E-state index contributed by atoms with van der Waals surface area (Å²) in [6.45, 7) is 0. The van der Waals surface area contributed by atoms with Crippen molar-refractivity contribution in [1.82, 2.24) is 9.97 Å². The van der Waals surface area contributed by atoms with Crippen LogP contribution in [0.15, 0.2) is 6.33 Å². The molecule has 0 amide bonds. The fourth-order valence-electron chi connectivity index (χ4n) is 0.880. The molecule has 1 rings (SSSR count). The van der Waals surface area contributed by atoms with E-state index < -0.39 is 12.0 Å². The monoisotopic (exact) mass is 180 g/mol. The van der Waals surface area contributed by atoms with Crippen LogP contribution in [0.5, 0.6) is 0 Å². The van der Waals surface area contributed by atoms with Crippen LogP contribution in [-0.2, 0) is 11.2 Å². The molecular formula is C7H8N4O2. The van der Waals surface area contributed by atoms with E-state index in [1.54, 1.807) is 0 Å². The molecular weight excluding hydrogens is 172 g/mol. The average molecular weight is 180 g/mol. The van der Waals surface area contributed by atoms with Crippen LogP contribution in [0.4, 0.5) is 0 Å². The van der Waals surface area contributed by atoms with Crippen molar-refractivity contribution in [2.75, 3.05) is 0 Å². The molecule has 0 aliphatic carbocycles. The third kappa shape index (κ3) is 2.04. The second-order valence-electron chi connectivity index (χ2n) is 2.49. The number of aromatic nitrogens is 2. The van der Waals surface area contributed by atoms with E-state index in [1.807, 2.05) is 6.07 Å². The number of carboxylic acid groups (broad SMARTS) is 1. The van der Waals surface area contributed by atoms with Gasteiger partial charge in [-0.25, -0.2) is 4.98 Å². The number of aromatic amines is 1. The van der Waals surface area contributed by atoms with Gasteiger partial charge in [0.1, 0.15) is 12.1 Å². The Kier molecular flexibility index (Phi) is 2.62. The first kappa shape index (κ1) is 9.22. The number of rotatable bonds is 3. The van der Waals surface area contributed by atoms with Gasteiger partial charge in [0.2, 0.25) is 0 Å². The van der Waals surface area contributed by atoms with Crippen LogP contribution in [0.3, 0.4) is 0 Å². The van der Waals surface area contributed by atoms with E-state index in [0.717, 1.165) is 0 Å². The van der Waals surface area contributed by atoms with Gasteiger partial charge in [0.05, 0.1) is 12.0 Å². The average Bonchev–Trinajstić information content (AvgIpc) is 2.51. The summed E-state index contributed by atoms with van der Waals surface area (Å²) in [5.41, 5.74) is 5.92. The molecule has 4 N–H and O–H groups in total. The number of nitrogens with two attached hydrogens (primary N) is 1. The lowest BCUT2D eigenvalue weighted by atomic mass is 10.1. The quantitative estimate of drug-likeness (QED) is 0.565. The summed E-state index contributed by atoms with van der Waals surface area (Å²) in [4.78, 5) is 16.7. The van der Waals surface area contributed by atoms with Crippen LogP contribution < -0.4 is 5.73 Å². The van der Waals surface area contributed by atoms with Crippen LogP contribution in [0, 0.1) is 11.3 Å². The zero-order chi connectivity index (χ0) is 9.84. The van der Waals surface area contributed by atoms with Crippen molar-refractivity contribution in [1.29, 1.82) is 5.26 Å². The topological polar surface area (TPSA) is 116 Å². The smallest absolute Gasteiger partial charge is 0.320 e. The Morgan fingerprint density at radius 1 is 1.92 bits per heavy atom. The minimum absolute atomic E-state index is 0.0816. The molecule has 1 aromatic rings. The lowest BCUT2D eigenvalue weighted by Gasteiger charge is -2.03. The van der Waals surface area contributed by atoms with Crippen LogP contribution in [0.2, 0.25) is 0 Å². The van der Waals surface area contributed by atoms with Gasteiger partial charge in [0.25, 0.3) is 0 Å². The van der Waals surface area contributed by atoms with Crippen molar-refractivity contribution in [2.45, 2.75) is 12.5 Å². The summed E-state index contributed by atoms with van der Waals surface area (Å²) in [5.74, 6) is -1.10. The molecule has 0 spiro atoms. The molecule has 0 aromatic carbocycles. The second kappa shape index (κ2) is 3.69. The number of nitrogens with zero attached hydrogens (tertiary/aromatic N) is 2. The fourth-order valence-corrected chi connectivity index (χ4v) is 0.880. The molecule has 0 saturated carbocycles. The Morgan fingerprint density at radius 2 is 2.62 bits per heavy atom. The van der Waals surface area contributed by atoms with E-state index in [1.165, 1.54) is 6.33 Å². The first-order chi connectivity index (χ1) is 6.15. The molecule has 0 aliphatic heterocycles. The van der Waals surface area contributed by atoms with E-state index in [4.69, 9.17) is 16.1 Å². The van der Waals surface area contributed by atoms with Gasteiger partial charge in [-0.2, -0.15) is 5.26 Å². The van der Waals surface area contributed by atoms with E-state index in [9.17, 15) is 4.79 Å². The normalized spacial score (nSPS) is 12.0. The Hall–Kier alpha value is -1.87. The Balaban J connectivity index is 2.75. The van der Waals surface area contributed by atoms with Crippen LogP contribution in [0.1, 0.15) is 11.4 Å². The molecule has 0 aliphatic rings. The van der Waals surface area contributed by atoms with Crippen molar-refractivity contribution in [3.63, 3.8) is 0 Å². The predicted molar refractivity (Wildman–Crippen MR) is 42.6 cm³/mol. The van der Waals surface area contributed by atoms with Gasteiger partial charge in [0, 0.05) is 6.42 Å². The lowest BCUT2D eigenvalue weighted by molar-refractivity contribution is -0.138. The zero-order valence-electron chi connectivity index (χ0n) is 6.69. The molecule has 0 bridgehead atoms. The number of hydrogen-bond acceptors (Lipinski definition) is 4. The van der Waals surface area contributed by atoms with Crippen molar-refractivity contribution in [3.05, 3.63) is 17.7 Å². The Morgan fingerprint density at radius 3 is 3.15 bits per heavy atom. The molecule has 0 fully saturated rings. The van der Waals surface area contributed by atoms with Gasteiger partial charge in [-0.3, -0.25) is 4.79 Å². The van der Waals surface area contributed by atoms with Crippen LogP contribution >= 0.6 is 0 Å². The number of nitrogens with one attached hydrogen (secondary N) is 1. The second-order valence-corrected chi connectivity index (χ2v) is 2.49. The van der Waals surface area contributed by atoms with Gasteiger partial charge < -0.3 is 15.8 Å². The predicted octanol–water partition coefficient (Wildman–Crippen LogP) is -0.764. The Bertz CT molecular complexity index is 352. The highest BCUT2D eigenvalue weighted by Gasteiger charge is 2.15. The largest absolute Gasteiger partial charge is 0.480 e. The first-order valence-corrected chi connectivity index (χ1v) is 3.56. The maximum atomic E-state index is 10.4. The standard InChI is InChI=1S/C7H8N4O2/c8-2-6-5(10-3-11-6)1-4(9)7(12)13/h3-4H,1,9H2,(H,10,11)(H,12,13). The molecule has 1 unspecified atom stereocenters. The van der Waals surface area contributed by atoms with Crippen molar-refractivity contribution in [3.8, 4) is 6.07 Å². The summed E-state index contributed by atoms with van der Waals surface area (Å²) in [6, 6.07) is 0.822. The summed E-state index contributed by atoms with van der Waals surface area (Å²) in [6.07, 6.45) is 1.42. The number of nitriles is 1. The lowest BCUT2D eigenvalue weighted by Crippen LogP contribution is -2.32. The maximum Gasteiger partial charge on any atom is 0.320 e. The van der Waals surface area contributed by atoms with Gasteiger partial charge in [0.15, 0.2) is 5.69 Å². The molecule has 1 aromatic heterocycles. The van der Waals surface area contributed by atoms with Crippen molar-refractivity contribution in [2.24, 2.45) is 5.73 Å². The number of H-pyrrole nitrogens is 1. The fraction of sp³-hybridized carbons (Fsp3) is 0.286. The number of aliphatic carboxylic acids is 1. The molecule has 13 heavy (non-hydrogen) atoms. The van der Waals surface area contributed by atoms with Crippen LogP contribution in [0.25, 0.3) is 0 Å².